The van der Waals surface area contributed by atoms with Crippen molar-refractivity contribution < 1.29 is 9.32 Å². The van der Waals surface area contributed by atoms with Crippen LogP contribution in [0.3, 0.4) is 0 Å². The lowest BCUT2D eigenvalue weighted by Crippen LogP contribution is -2.13. The Hall–Kier alpha value is -4.06. The molecule has 0 saturated heterocycles. The van der Waals surface area contributed by atoms with E-state index in [1.807, 2.05) is 61.5 Å². The van der Waals surface area contributed by atoms with Crippen molar-refractivity contribution in [3.8, 4) is 11.3 Å². The molecule has 0 aliphatic carbocycles. The number of aryl methyl sites for hydroxylation is 2. The Morgan fingerprint density at radius 3 is 2.67 bits per heavy atom. The van der Waals surface area contributed by atoms with Gasteiger partial charge in [0, 0.05) is 17.1 Å². The van der Waals surface area contributed by atoms with Crippen LogP contribution in [0.25, 0.3) is 33.3 Å². The molecule has 0 spiro atoms. The lowest BCUT2D eigenvalue weighted by Gasteiger charge is -2.10. The molecule has 1 amide bonds. The third kappa shape index (κ3) is 3.08. The largest absolute Gasteiger partial charge is 0.335 e. The highest BCUT2D eigenvalue weighted by atomic mass is 16.5. The van der Waals surface area contributed by atoms with Gasteiger partial charge in [0.1, 0.15) is 0 Å². The number of amides is 1. The number of fused-ring (bicyclic) bond motifs is 2. The number of hydrogen-bond acceptors (Lipinski definition) is 5. The minimum absolute atomic E-state index is 0.251. The third-order valence-corrected chi connectivity index (χ3v) is 5.10. The molecule has 0 fully saturated rings. The standard InChI is InChI=1S/C24H18N4O2/c1-14-8-10-16(11-9-14)21-13-18(22-15(2)28-30-24(22)27-21)23(29)26-20-7-3-6-19-17(20)5-4-12-25-19/h3-13H,1-2H3,(H,26,29). The van der Waals surface area contributed by atoms with Crippen LogP contribution in [0.4, 0.5) is 5.69 Å². The monoisotopic (exact) mass is 394 g/mol. The van der Waals surface area contributed by atoms with Gasteiger partial charge in [0.15, 0.2) is 0 Å². The quantitative estimate of drug-likeness (QED) is 0.449. The van der Waals surface area contributed by atoms with E-state index in [1.165, 1.54) is 0 Å². The highest BCUT2D eigenvalue weighted by Crippen LogP contribution is 2.29. The van der Waals surface area contributed by atoms with Crippen LogP contribution in [0.5, 0.6) is 0 Å². The van der Waals surface area contributed by atoms with Crippen LogP contribution in [0.1, 0.15) is 21.6 Å². The first-order valence-corrected chi connectivity index (χ1v) is 9.59. The summed E-state index contributed by atoms with van der Waals surface area (Å²) in [5.41, 5.74) is 5.66. The van der Waals surface area contributed by atoms with Gasteiger partial charge in [0.2, 0.25) is 0 Å². The summed E-state index contributed by atoms with van der Waals surface area (Å²) in [5.74, 6) is -0.251. The lowest BCUT2D eigenvalue weighted by atomic mass is 10.0. The molecular formula is C24H18N4O2. The first kappa shape index (κ1) is 18.0. The average molecular weight is 394 g/mol. The van der Waals surface area contributed by atoms with Gasteiger partial charge in [-0.2, -0.15) is 0 Å². The maximum atomic E-state index is 13.3. The Kier molecular flexibility index (Phi) is 4.25. The minimum atomic E-state index is -0.251. The summed E-state index contributed by atoms with van der Waals surface area (Å²) in [7, 11) is 0. The minimum Gasteiger partial charge on any atom is -0.335 e. The Balaban J connectivity index is 1.62. The van der Waals surface area contributed by atoms with Gasteiger partial charge >= 0.3 is 0 Å². The van der Waals surface area contributed by atoms with Gasteiger partial charge in [-0.1, -0.05) is 41.1 Å². The number of pyridine rings is 2. The number of benzene rings is 2. The topological polar surface area (TPSA) is 80.9 Å². The van der Waals surface area contributed by atoms with Crippen molar-refractivity contribution in [1.82, 2.24) is 15.1 Å². The first-order chi connectivity index (χ1) is 14.6. The second-order valence-corrected chi connectivity index (χ2v) is 7.20. The van der Waals surface area contributed by atoms with Gasteiger partial charge < -0.3 is 9.84 Å². The van der Waals surface area contributed by atoms with Crippen LogP contribution in [0.15, 0.2) is 71.4 Å². The fourth-order valence-corrected chi connectivity index (χ4v) is 3.55. The lowest BCUT2D eigenvalue weighted by molar-refractivity contribution is 0.102. The zero-order valence-corrected chi connectivity index (χ0v) is 16.5. The van der Waals surface area contributed by atoms with Crippen molar-refractivity contribution >= 4 is 33.6 Å². The number of hydrogen-bond donors (Lipinski definition) is 1. The van der Waals surface area contributed by atoms with E-state index in [2.05, 4.69) is 20.4 Å². The van der Waals surface area contributed by atoms with E-state index in [0.717, 1.165) is 22.0 Å². The maximum absolute atomic E-state index is 13.3. The van der Waals surface area contributed by atoms with Gasteiger partial charge in [0.05, 0.1) is 33.5 Å². The van der Waals surface area contributed by atoms with E-state index in [-0.39, 0.29) is 5.91 Å². The van der Waals surface area contributed by atoms with Crippen LogP contribution in [0.2, 0.25) is 0 Å². The van der Waals surface area contributed by atoms with Crippen molar-refractivity contribution in [1.29, 1.82) is 0 Å². The molecule has 0 bridgehead atoms. The van der Waals surface area contributed by atoms with Crippen molar-refractivity contribution in [2.24, 2.45) is 0 Å². The fraction of sp³-hybridized carbons (Fsp3) is 0.0833. The smallest absolute Gasteiger partial charge is 0.259 e. The molecule has 0 saturated carbocycles. The number of anilines is 1. The van der Waals surface area contributed by atoms with Crippen molar-refractivity contribution in [2.75, 3.05) is 5.32 Å². The van der Waals surface area contributed by atoms with Crippen LogP contribution < -0.4 is 5.32 Å². The number of nitrogens with zero attached hydrogens (tertiary/aromatic N) is 3. The van der Waals surface area contributed by atoms with Gasteiger partial charge in [-0.15, -0.1) is 0 Å². The molecule has 0 atom stereocenters. The zero-order chi connectivity index (χ0) is 20.7. The number of nitrogens with one attached hydrogen (secondary N) is 1. The fourth-order valence-electron chi connectivity index (χ4n) is 3.55. The predicted octanol–water partition coefficient (Wildman–Crippen LogP) is 5.31. The molecular weight excluding hydrogens is 376 g/mol. The number of rotatable bonds is 3. The Morgan fingerprint density at radius 1 is 1.00 bits per heavy atom. The maximum Gasteiger partial charge on any atom is 0.259 e. The van der Waals surface area contributed by atoms with E-state index < -0.39 is 0 Å². The predicted molar refractivity (Wildman–Crippen MR) is 116 cm³/mol. The molecule has 5 aromatic rings. The third-order valence-electron chi connectivity index (χ3n) is 5.10. The zero-order valence-electron chi connectivity index (χ0n) is 16.5. The van der Waals surface area contributed by atoms with Crippen molar-refractivity contribution in [3.63, 3.8) is 0 Å². The van der Waals surface area contributed by atoms with Gasteiger partial charge in [-0.25, -0.2) is 4.98 Å². The molecule has 3 heterocycles. The Morgan fingerprint density at radius 2 is 1.83 bits per heavy atom. The van der Waals surface area contributed by atoms with Crippen molar-refractivity contribution in [2.45, 2.75) is 13.8 Å². The summed E-state index contributed by atoms with van der Waals surface area (Å²) in [6.07, 6.45) is 1.73. The van der Waals surface area contributed by atoms with Crippen LogP contribution in [0, 0.1) is 13.8 Å². The molecule has 6 nitrogen and oxygen atoms in total. The van der Waals surface area contributed by atoms with Gasteiger partial charge in [-0.3, -0.25) is 9.78 Å². The van der Waals surface area contributed by atoms with Gasteiger partial charge in [-0.05, 0) is 44.2 Å². The van der Waals surface area contributed by atoms with E-state index in [0.29, 0.717) is 33.7 Å². The summed E-state index contributed by atoms with van der Waals surface area (Å²) in [4.78, 5) is 22.3. The summed E-state index contributed by atoms with van der Waals surface area (Å²) in [6, 6.07) is 19.2. The van der Waals surface area contributed by atoms with E-state index in [1.54, 1.807) is 19.2 Å². The van der Waals surface area contributed by atoms with E-state index >= 15 is 0 Å². The van der Waals surface area contributed by atoms with Crippen LogP contribution in [-0.2, 0) is 0 Å². The molecule has 3 aromatic heterocycles. The summed E-state index contributed by atoms with van der Waals surface area (Å²) < 4.78 is 5.39. The summed E-state index contributed by atoms with van der Waals surface area (Å²) in [6.45, 7) is 3.83. The molecule has 1 N–H and O–H groups in total. The first-order valence-electron chi connectivity index (χ1n) is 9.59. The molecule has 2 aromatic carbocycles. The molecule has 146 valence electrons. The normalized spacial score (nSPS) is 11.1. The number of aromatic nitrogens is 3. The molecule has 0 radical (unpaired) electrons. The molecule has 5 rings (SSSR count). The van der Waals surface area contributed by atoms with Crippen LogP contribution in [-0.4, -0.2) is 21.0 Å². The Bertz CT molecular complexity index is 1400. The number of carbonyl (C=O) groups is 1. The molecule has 0 aliphatic heterocycles. The van der Waals surface area contributed by atoms with E-state index in [9.17, 15) is 4.79 Å². The highest BCUT2D eigenvalue weighted by Gasteiger charge is 2.20. The average Bonchev–Trinajstić information content (AvgIpc) is 3.14. The second kappa shape index (κ2) is 7.08. The molecule has 0 unspecified atom stereocenters. The van der Waals surface area contributed by atoms with E-state index in [4.69, 9.17) is 4.52 Å². The SMILES string of the molecule is Cc1ccc(-c2cc(C(=O)Nc3cccc4ncccc34)c3c(C)noc3n2)cc1. The van der Waals surface area contributed by atoms with Crippen molar-refractivity contribution in [3.05, 3.63) is 83.7 Å². The highest BCUT2D eigenvalue weighted by molar-refractivity contribution is 6.15. The summed E-state index contributed by atoms with van der Waals surface area (Å²) in [5, 5.41) is 8.53. The van der Waals surface area contributed by atoms with Gasteiger partial charge in [0.25, 0.3) is 11.6 Å². The molecule has 6 heteroatoms. The Labute approximate surface area is 172 Å². The number of carbonyl (C=O) groups excluding carboxylic acids is 1. The summed E-state index contributed by atoms with van der Waals surface area (Å²) >= 11 is 0. The van der Waals surface area contributed by atoms with Crippen LogP contribution >= 0.6 is 0 Å². The molecule has 0 aliphatic rings. The second-order valence-electron chi connectivity index (χ2n) is 7.20. The molecule has 30 heavy (non-hydrogen) atoms.